The van der Waals surface area contributed by atoms with Crippen LogP contribution in [0.4, 0.5) is 0 Å². The van der Waals surface area contributed by atoms with Gasteiger partial charge in [0.15, 0.2) is 0 Å². The minimum Gasteiger partial charge on any atom is -0.0991 e. The van der Waals surface area contributed by atoms with Crippen LogP contribution in [0.5, 0.6) is 0 Å². The predicted molar refractivity (Wildman–Crippen MR) is 75.6 cm³/mol. The summed E-state index contributed by atoms with van der Waals surface area (Å²) in [6.07, 6.45) is 8.74. The lowest BCUT2D eigenvalue weighted by Crippen LogP contribution is -1.80. The highest BCUT2D eigenvalue weighted by atomic mass is 14.0. The summed E-state index contributed by atoms with van der Waals surface area (Å²) in [5, 5.41) is 0. The van der Waals surface area contributed by atoms with Gasteiger partial charge >= 0.3 is 0 Å². The van der Waals surface area contributed by atoms with Gasteiger partial charge in [-0.05, 0) is 37.0 Å². The second kappa shape index (κ2) is 8.72. The number of allylic oxidation sites excluding steroid dienone is 3. The van der Waals surface area contributed by atoms with E-state index < -0.39 is 0 Å². The first-order valence-electron chi connectivity index (χ1n) is 5.63. The molecule has 0 N–H and O–H groups in total. The minimum atomic E-state index is 1.10. The Morgan fingerprint density at radius 3 is 2.12 bits per heavy atom. The summed E-state index contributed by atoms with van der Waals surface area (Å²) in [6, 6.07) is 6.56. The maximum Gasteiger partial charge on any atom is -0.0257 e. The monoisotopic (exact) mass is 214 g/mol. The van der Waals surface area contributed by atoms with Crippen LogP contribution in [-0.2, 0) is 0 Å². The standard InChI is InChI=1S/C12H16.C4H6/c1-4-5-6-12-8-7-10(2)11(3)9-12;1-3-4-2/h5-9H,4H2,1-3H3;3-4H,1-2H2/b6-5+;. The lowest BCUT2D eigenvalue weighted by Gasteiger charge is -2.00. The predicted octanol–water partition coefficient (Wildman–Crippen LogP) is 5.09. The molecule has 0 saturated heterocycles. The molecule has 1 rings (SSSR count). The van der Waals surface area contributed by atoms with Gasteiger partial charge in [-0.15, -0.1) is 0 Å². The van der Waals surface area contributed by atoms with Crippen LogP contribution in [0, 0.1) is 13.8 Å². The first kappa shape index (κ1) is 14.4. The van der Waals surface area contributed by atoms with Crippen LogP contribution in [0.1, 0.15) is 30.0 Å². The van der Waals surface area contributed by atoms with E-state index in [0.717, 1.165) is 6.42 Å². The molecule has 0 aliphatic carbocycles. The summed E-state index contributed by atoms with van der Waals surface area (Å²) in [7, 11) is 0. The average molecular weight is 214 g/mol. The summed E-state index contributed by atoms with van der Waals surface area (Å²) in [5.41, 5.74) is 4.04. The Morgan fingerprint density at radius 2 is 1.69 bits per heavy atom. The molecule has 0 fully saturated rings. The van der Waals surface area contributed by atoms with E-state index in [0.29, 0.717) is 0 Å². The van der Waals surface area contributed by atoms with Crippen molar-refractivity contribution in [3.63, 3.8) is 0 Å². The Kier molecular flexibility index (Phi) is 7.87. The Balaban J connectivity index is 0.000000487. The molecular weight excluding hydrogens is 192 g/mol. The average Bonchev–Trinajstić information content (AvgIpc) is 2.31. The molecule has 0 saturated carbocycles. The third-order valence-corrected chi connectivity index (χ3v) is 2.24. The van der Waals surface area contributed by atoms with Crippen molar-refractivity contribution in [3.05, 3.63) is 66.3 Å². The highest BCUT2D eigenvalue weighted by Gasteiger charge is 1.91. The Labute approximate surface area is 100 Å². The zero-order valence-electron chi connectivity index (χ0n) is 10.7. The van der Waals surface area contributed by atoms with Crippen molar-refractivity contribution in [2.45, 2.75) is 27.2 Å². The molecule has 1 aromatic rings. The first-order valence-corrected chi connectivity index (χ1v) is 5.63. The van der Waals surface area contributed by atoms with Crippen LogP contribution in [-0.4, -0.2) is 0 Å². The number of hydrogen-bond acceptors (Lipinski definition) is 0. The van der Waals surface area contributed by atoms with Gasteiger partial charge in [-0.1, -0.05) is 62.6 Å². The van der Waals surface area contributed by atoms with E-state index in [1.54, 1.807) is 12.2 Å². The van der Waals surface area contributed by atoms with Crippen molar-refractivity contribution in [1.82, 2.24) is 0 Å². The number of aryl methyl sites for hydroxylation is 2. The molecule has 0 bridgehead atoms. The molecule has 0 unspecified atom stereocenters. The molecule has 0 atom stereocenters. The lowest BCUT2D eigenvalue weighted by molar-refractivity contribution is 1.23. The van der Waals surface area contributed by atoms with E-state index in [1.165, 1.54) is 16.7 Å². The zero-order valence-corrected chi connectivity index (χ0v) is 10.7. The van der Waals surface area contributed by atoms with Crippen LogP contribution in [0.15, 0.2) is 49.6 Å². The molecule has 0 heteroatoms. The van der Waals surface area contributed by atoms with Crippen molar-refractivity contribution in [2.24, 2.45) is 0 Å². The fourth-order valence-corrected chi connectivity index (χ4v) is 1.12. The van der Waals surface area contributed by atoms with E-state index >= 15 is 0 Å². The van der Waals surface area contributed by atoms with Crippen molar-refractivity contribution < 1.29 is 0 Å². The van der Waals surface area contributed by atoms with Gasteiger partial charge in [0.05, 0.1) is 0 Å². The SMILES string of the molecule is C=CC=C.CC/C=C/c1ccc(C)c(C)c1. The van der Waals surface area contributed by atoms with Crippen LogP contribution >= 0.6 is 0 Å². The number of rotatable bonds is 3. The molecule has 0 aliphatic heterocycles. The maximum absolute atomic E-state index is 3.36. The van der Waals surface area contributed by atoms with Crippen LogP contribution in [0.2, 0.25) is 0 Å². The van der Waals surface area contributed by atoms with Gasteiger partial charge in [0.25, 0.3) is 0 Å². The second-order valence-corrected chi connectivity index (χ2v) is 3.63. The lowest BCUT2D eigenvalue weighted by atomic mass is 10.1. The van der Waals surface area contributed by atoms with Gasteiger partial charge in [0.2, 0.25) is 0 Å². The third-order valence-electron chi connectivity index (χ3n) is 2.24. The Morgan fingerprint density at radius 1 is 1.06 bits per heavy atom. The maximum atomic E-state index is 3.36. The highest BCUT2D eigenvalue weighted by Crippen LogP contribution is 2.11. The fraction of sp³-hybridized carbons (Fsp3) is 0.250. The molecule has 0 aromatic heterocycles. The quantitative estimate of drug-likeness (QED) is 0.615. The van der Waals surface area contributed by atoms with E-state index in [-0.39, 0.29) is 0 Å². The van der Waals surface area contributed by atoms with Crippen molar-refractivity contribution in [2.75, 3.05) is 0 Å². The molecule has 0 spiro atoms. The molecule has 86 valence electrons. The van der Waals surface area contributed by atoms with Crippen LogP contribution in [0.25, 0.3) is 6.08 Å². The van der Waals surface area contributed by atoms with Gasteiger partial charge in [0.1, 0.15) is 0 Å². The van der Waals surface area contributed by atoms with Crippen molar-refractivity contribution in [1.29, 1.82) is 0 Å². The first-order chi connectivity index (χ1) is 7.65. The zero-order chi connectivity index (χ0) is 12.4. The smallest absolute Gasteiger partial charge is 0.0257 e. The number of hydrogen-bond donors (Lipinski definition) is 0. The van der Waals surface area contributed by atoms with Gasteiger partial charge < -0.3 is 0 Å². The largest absolute Gasteiger partial charge is 0.0991 e. The topological polar surface area (TPSA) is 0 Å². The molecule has 0 aliphatic rings. The summed E-state index contributed by atoms with van der Waals surface area (Å²) in [6.45, 7) is 13.2. The van der Waals surface area contributed by atoms with Gasteiger partial charge in [-0.3, -0.25) is 0 Å². The molecule has 0 radical (unpaired) electrons. The van der Waals surface area contributed by atoms with E-state index in [1.807, 2.05) is 0 Å². The highest BCUT2D eigenvalue weighted by molar-refractivity contribution is 5.51. The molecular formula is C16H22. The molecule has 16 heavy (non-hydrogen) atoms. The van der Waals surface area contributed by atoms with Crippen molar-refractivity contribution >= 4 is 6.08 Å². The van der Waals surface area contributed by atoms with Crippen LogP contribution < -0.4 is 0 Å². The van der Waals surface area contributed by atoms with E-state index in [9.17, 15) is 0 Å². The van der Waals surface area contributed by atoms with Gasteiger partial charge in [-0.25, -0.2) is 0 Å². The minimum absolute atomic E-state index is 1.10. The molecule has 0 nitrogen and oxygen atoms in total. The number of benzene rings is 1. The molecule has 1 aromatic carbocycles. The summed E-state index contributed by atoms with van der Waals surface area (Å²) < 4.78 is 0. The van der Waals surface area contributed by atoms with Gasteiger partial charge in [-0.2, -0.15) is 0 Å². The summed E-state index contributed by atoms with van der Waals surface area (Å²) in [5.74, 6) is 0. The summed E-state index contributed by atoms with van der Waals surface area (Å²) in [4.78, 5) is 0. The van der Waals surface area contributed by atoms with E-state index in [4.69, 9.17) is 0 Å². The Bertz CT molecular complexity index is 350. The molecule has 0 amide bonds. The second-order valence-electron chi connectivity index (χ2n) is 3.63. The fourth-order valence-electron chi connectivity index (χ4n) is 1.12. The van der Waals surface area contributed by atoms with Crippen LogP contribution in [0.3, 0.4) is 0 Å². The third kappa shape index (κ3) is 6.02. The van der Waals surface area contributed by atoms with Gasteiger partial charge in [0, 0.05) is 0 Å². The normalized spacial score (nSPS) is 9.44. The van der Waals surface area contributed by atoms with Crippen molar-refractivity contribution in [3.8, 4) is 0 Å². The Hall–Kier alpha value is -1.56. The molecule has 0 heterocycles. The van der Waals surface area contributed by atoms with E-state index in [2.05, 4.69) is 64.3 Å². The summed E-state index contributed by atoms with van der Waals surface area (Å²) >= 11 is 0.